The Morgan fingerprint density at radius 3 is 2.89 bits per heavy atom. The third-order valence-corrected chi connectivity index (χ3v) is 4.55. The summed E-state index contributed by atoms with van der Waals surface area (Å²) in [5, 5.41) is 10.2. The maximum absolute atomic E-state index is 11.8. The summed E-state index contributed by atoms with van der Waals surface area (Å²) in [5.41, 5.74) is 2.92. The van der Waals surface area contributed by atoms with Gasteiger partial charge < -0.3 is 9.84 Å². The molecular weight excluding hydrogens is 228 g/mol. The quantitative estimate of drug-likeness (QED) is 0.669. The molecule has 3 nitrogen and oxygen atoms in total. The number of hydrogen-bond donors (Lipinski definition) is 1. The molecule has 1 aliphatic heterocycles. The van der Waals surface area contributed by atoms with E-state index >= 15 is 0 Å². The number of hydrogen-bond acceptors (Lipinski definition) is 3. The van der Waals surface area contributed by atoms with Gasteiger partial charge in [-0.15, -0.1) is 0 Å². The zero-order valence-corrected chi connectivity index (χ0v) is 11.2. The lowest BCUT2D eigenvalue weighted by Gasteiger charge is -2.24. The fourth-order valence-electron chi connectivity index (χ4n) is 3.71. The van der Waals surface area contributed by atoms with E-state index in [9.17, 15) is 9.90 Å². The van der Waals surface area contributed by atoms with Gasteiger partial charge >= 0.3 is 5.97 Å². The fraction of sp³-hybridized carbons (Fsp3) is 0.667. The number of aliphatic hydroxyl groups excluding tert-OH is 1. The first-order valence-electron chi connectivity index (χ1n) is 6.70. The molecule has 0 fully saturated rings. The summed E-state index contributed by atoms with van der Waals surface area (Å²) in [7, 11) is 0. The number of cyclic esters (lactones) is 1. The molecule has 1 heterocycles. The van der Waals surface area contributed by atoms with E-state index in [2.05, 4.69) is 26.8 Å². The minimum atomic E-state index is -0.653. The molecule has 0 aromatic rings. The molecule has 0 saturated heterocycles. The molecule has 0 unspecified atom stereocenters. The average molecular weight is 248 g/mol. The number of carbonyl (C=O) groups excluding carboxylic acids is 1. The molecular formula is C15H20O3. The van der Waals surface area contributed by atoms with Gasteiger partial charge in [0.15, 0.2) is 0 Å². The van der Waals surface area contributed by atoms with E-state index in [0.29, 0.717) is 30.4 Å². The third kappa shape index (κ3) is 1.64. The first kappa shape index (κ1) is 12.0. The second-order valence-electron chi connectivity index (χ2n) is 6.60. The van der Waals surface area contributed by atoms with Crippen molar-refractivity contribution in [3.63, 3.8) is 0 Å². The first-order valence-corrected chi connectivity index (χ1v) is 6.70. The first-order chi connectivity index (χ1) is 8.39. The summed E-state index contributed by atoms with van der Waals surface area (Å²) >= 11 is 0. The Morgan fingerprint density at radius 1 is 1.44 bits per heavy atom. The lowest BCUT2D eigenvalue weighted by atomic mass is 9.81. The van der Waals surface area contributed by atoms with Gasteiger partial charge in [-0.3, -0.25) is 0 Å². The molecule has 0 aromatic heterocycles. The predicted molar refractivity (Wildman–Crippen MR) is 67.7 cm³/mol. The van der Waals surface area contributed by atoms with Crippen LogP contribution in [0.3, 0.4) is 0 Å². The Bertz CT molecular complexity index is 470. The topological polar surface area (TPSA) is 46.5 Å². The van der Waals surface area contributed by atoms with Crippen molar-refractivity contribution in [2.45, 2.75) is 39.7 Å². The van der Waals surface area contributed by atoms with Crippen LogP contribution in [0.25, 0.3) is 0 Å². The largest absolute Gasteiger partial charge is 0.457 e. The van der Waals surface area contributed by atoms with Crippen molar-refractivity contribution in [3.05, 3.63) is 22.8 Å². The second kappa shape index (κ2) is 3.70. The van der Waals surface area contributed by atoms with Gasteiger partial charge in [0.2, 0.25) is 0 Å². The Balaban J connectivity index is 2.13. The Kier molecular flexibility index (Phi) is 2.46. The van der Waals surface area contributed by atoms with Crippen LogP contribution in [0.4, 0.5) is 0 Å². The third-order valence-electron chi connectivity index (χ3n) is 4.55. The lowest BCUT2D eigenvalue weighted by molar-refractivity contribution is -0.137. The van der Waals surface area contributed by atoms with Gasteiger partial charge in [0, 0.05) is 5.57 Å². The van der Waals surface area contributed by atoms with Crippen LogP contribution in [0.5, 0.6) is 0 Å². The summed E-state index contributed by atoms with van der Waals surface area (Å²) in [6.07, 6.45) is 3.39. The van der Waals surface area contributed by atoms with E-state index < -0.39 is 6.10 Å². The highest BCUT2D eigenvalue weighted by Crippen LogP contribution is 2.50. The van der Waals surface area contributed by atoms with E-state index in [4.69, 9.17) is 4.74 Å². The van der Waals surface area contributed by atoms with Crippen LogP contribution < -0.4 is 0 Å². The molecule has 3 heteroatoms. The molecule has 0 bridgehead atoms. The van der Waals surface area contributed by atoms with Gasteiger partial charge in [0.05, 0.1) is 11.7 Å². The summed E-state index contributed by atoms with van der Waals surface area (Å²) in [6.45, 7) is 6.98. The molecule has 0 spiro atoms. The Labute approximate surface area is 108 Å². The van der Waals surface area contributed by atoms with Gasteiger partial charge in [0.25, 0.3) is 0 Å². The molecule has 3 rings (SSSR count). The molecule has 98 valence electrons. The minimum absolute atomic E-state index is 0.181. The van der Waals surface area contributed by atoms with Crippen molar-refractivity contribution in [2.24, 2.45) is 17.3 Å². The summed E-state index contributed by atoms with van der Waals surface area (Å²) in [4.78, 5) is 11.8. The number of allylic oxidation sites excluding steroid dienone is 1. The van der Waals surface area contributed by atoms with E-state index in [-0.39, 0.29) is 11.4 Å². The monoisotopic (exact) mass is 248 g/mol. The van der Waals surface area contributed by atoms with Crippen molar-refractivity contribution < 1.29 is 14.6 Å². The normalized spacial score (nSPS) is 37.9. The standard InChI is InChI=1S/C15H20O3/c1-8-4-12(16)13-11(7-18-14(13)17)10-6-15(2,3)5-9(8)10/h6,8-9,12,16H,4-5,7H2,1-3H3/t8-,9-,12+/m1/s1. The maximum Gasteiger partial charge on any atom is 0.337 e. The molecule has 18 heavy (non-hydrogen) atoms. The van der Waals surface area contributed by atoms with E-state index in [0.717, 1.165) is 12.0 Å². The Hall–Kier alpha value is -1.09. The van der Waals surface area contributed by atoms with Gasteiger partial charge in [-0.25, -0.2) is 4.79 Å². The van der Waals surface area contributed by atoms with E-state index in [1.54, 1.807) is 0 Å². The number of rotatable bonds is 0. The lowest BCUT2D eigenvalue weighted by Crippen LogP contribution is -2.21. The molecule has 0 saturated carbocycles. The summed E-state index contributed by atoms with van der Waals surface area (Å²) in [6, 6.07) is 0. The van der Waals surface area contributed by atoms with Crippen molar-refractivity contribution in [2.75, 3.05) is 6.61 Å². The molecule has 1 N–H and O–H groups in total. The van der Waals surface area contributed by atoms with Crippen molar-refractivity contribution in [1.29, 1.82) is 0 Å². The zero-order chi connectivity index (χ0) is 13.1. The zero-order valence-electron chi connectivity index (χ0n) is 11.2. The number of fused-ring (bicyclic) bond motifs is 2. The highest BCUT2D eigenvalue weighted by molar-refractivity contribution is 5.94. The number of esters is 1. The van der Waals surface area contributed by atoms with Crippen molar-refractivity contribution in [1.82, 2.24) is 0 Å². The van der Waals surface area contributed by atoms with Crippen molar-refractivity contribution in [3.8, 4) is 0 Å². The smallest absolute Gasteiger partial charge is 0.337 e. The maximum atomic E-state index is 11.8. The van der Waals surface area contributed by atoms with E-state index in [1.165, 1.54) is 5.57 Å². The average Bonchev–Trinajstić information content (AvgIpc) is 2.75. The highest BCUT2D eigenvalue weighted by atomic mass is 16.5. The van der Waals surface area contributed by atoms with Gasteiger partial charge in [-0.1, -0.05) is 26.8 Å². The van der Waals surface area contributed by atoms with Gasteiger partial charge in [0.1, 0.15) is 6.61 Å². The number of ether oxygens (including phenoxy) is 1. The number of carbonyl (C=O) groups is 1. The molecule has 0 radical (unpaired) electrons. The summed E-state index contributed by atoms with van der Waals surface area (Å²) in [5.74, 6) is 0.541. The summed E-state index contributed by atoms with van der Waals surface area (Å²) < 4.78 is 5.12. The number of aliphatic hydroxyl groups is 1. The second-order valence-corrected chi connectivity index (χ2v) is 6.60. The van der Waals surface area contributed by atoms with Gasteiger partial charge in [-0.2, -0.15) is 0 Å². The SMILES string of the molecule is C[C@@H]1C[C@H](O)C2=C(COC2=O)C2=CC(C)(C)C[C@@H]21. The van der Waals surface area contributed by atoms with Crippen LogP contribution in [-0.4, -0.2) is 23.8 Å². The van der Waals surface area contributed by atoms with Crippen LogP contribution in [-0.2, 0) is 9.53 Å². The minimum Gasteiger partial charge on any atom is -0.457 e. The highest BCUT2D eigenvalue weighted by Gasteiger charge is 2.44. The van der Waals surface area contributed by atoms with Crippen molar-refractivity contribution >= 4 is 5.97 Å². The van der Waals surface area contributed by atoms with Gasteiger partial charge in [-0.05, 0) is 35.7 Å². The van der Waals surface area contributed by atoms with Crippen LogP contribution in [0.15, 0.2) is 22.8 Å². The molecule has 0 aromatic carbocycles. The van der Waals surface area contributed by atoms with Crippen LogP contribution >= 0.6 is 0 Å². The van der Waals surface area contributed by atoms with Crippen LogP contribution in [0.1, 0.15) is 33.6 Å². The predicted octanol–water partition coefficient (Wildman–Crippen LogP) is 2.21. The molecule has 0 amide bonds. The van der Waals surface area contributed by atoms with Crippen LogP contribution in [0.2, 0.25) is 0 Å². The Morgan fingerprint density at radius 2 is 2.17 bits per heavy atom. The molecule has 3 atom stereocenters. The molecule has 2 aliphatic carbocycles. The fourth-order valence-corrected chi connectivity index (χ4v) is 3.71. The van der Waals surface area contributed by atoms with Crippen LogP contribution in [0, 0.1) is 17.3 Å². The molecule has 3 aliphatic rings. The van der Waals surface area contributed by atoms with E-state index in [1.807, 2.05) is 0 Å².